The van der Waals surface area contributed by atoms with Gasteiger partial charge < -0.3 is 20.3 Å². The van der Waals surface area contributed by atoms with Crippen molar-refractivity contribution in [3.63, 3.8) is 0 Å². The van der Waals surface area contributed by atoms with Crippen LogP contribution in [0.15, 0.2) is 82.6 Å². The number of hydrogen-bond donors (Lipinski definition) is 4. The van der Waals surface area contributed by atoms with Crippen LogP contribution in [0.25, 0.3) is 0 Å². The van der Waals surface area contributed by atoms with Crippen molar-refractivity contribution in [2.24, 2.45) is 0 Å². The molecule has 1 aliphatic rings. The van der Waals surface area contributed by atoms with Crippen LogP contribution in [0.3, 0.4) is 0 Å². The third-order valence-corrected chi connectivity index (χ3v) is 11.5. The highest BCUT2D eigenvalue weighted by Crippen LogP contribution is 2.44. The fourth-order valence-corrected chi connectivity index (χ4v) is 8.50. The number of para-hydroxylation sites is 1. The molecular weight excluding hydrogens is 701 g/mol. The summed E-state index contributed by atoms with van der Waals surface area (Å²) in [5.74, 6) is -1.86. The number of hydrogen-bond acceptors (Lipinski definition) is 9. The standard InChI is InChI=1S/C35H46N4O8S3/c1-4-6-18-35(19-7-5-2)25-39(27-16-12-9-13-17-27)28-22-30(48-3)29(23-31(28)50(45,46)38-35)47-24-32(40)37-33(26-14-10-8-11-15-26)34(41)36-20-21-49(42,43)44/h8-17,22-23,33,38H,4-7,18-21,24-25H2,1-3H3,(H,36,41)(H,37,40)(H,42,43,44)/t33-/m1/s1. The zero-order chi connectivity index (χ0) is 36.4. The summed E-state index contributed by atoms with van der Waals surface area (Å²) in [6.45, 7) is 3.71. The Morgan fingerprint density at radius 1 is 1.02 bits per heavy atom. The fourth-order valence-electron chi connectivity index (χ4n) is 5.94. The molecule has 1 atom stereocenters. The molecule has 0 aromatic heterocycles. The lowest BCUT2D eigenvalue weighted by Crippen LogP contribution is -2.53. The Bertz CT molecular complexity index is 1820. The molecule has 15 heteroatoms. The van der Waals surface area contributed by atoms with E-state index in [9.17, 15) is 26.4 Å². The SMILES string of the molecule is CCCCC1(CCCC)CN(c2ccccc2)c2cc(SC)c(OCC(=O)N[C@@H](C(=O)NCCS(=O)(=O)O)c3ccccc3)cc2S(=O)(=O)N1. The van der Waals surface area contributed by atoms with E-state index in [1.54, 1.807) is 36.4 Å². The van der Waals surface area contributed by atoms with E-state index in [-0.39, 0.29) is 17.2 Å². The van der Waals surface area contributed by atoms with Crippen molar-refractivity contribution in [3.8, 4) is 5.75 Å². The molecule has 0 saturated carbocycles. The summed E-state index contributed by atoms with van der Waals surface area (Å²) in [4.78, 5) is 28.9. The van der Waals surface area contributed by atoms with Crippen LogP contribution in [0.1, 0.15) is 64.0 Å². The van der Waals surface area contributed by atoms with Gasteiger partial charge in [0.2, 0.25) is 15.9 Å². The van der Waals surface area contributed by atoms with Gasteiger partial charge in [-0.15, -0.1) is 11.8 Å². The molecule has 3 aromatic rings. The van der Waals surface area contributed by atoms with Gasteiger partial charge in [0.15, 0.2) is 6.61 Å². The summed E-state index contributed by atoms with van der Waals surface area (Å²) < 4.78 is 68.9. The molecule has 12 nitrogen and oxygen atoms in total. The number of nitrogens with one attached hydrogen (secondary N) is 3. The van der Waals surface area contributed by atoms with E-state index in [0.717, 1.165) is 31.4 Å². The van der Waals surface area contributed by atoms with Gasteiger partial charge in [0, 0.05) is 24.8 Å². The Morgan fingerprint density at radius 2 is 1.64 bits per heavy atom. The van der Waals surface area contributed by atoms with Gasteiger partial charge in [-0.1, -0.05) is 88.1 Å². The minimum atomic E-state index is -4.31. The number of ether oxygens (including phenoxy) is 1. The Labute approximate surface area is 299 Å². The molecule has 272 valence electrons. The van der Waals surface area contributed by atoms with Crippen molar-refractivity contribution in [2.75, 3.05) is 36.6 Å². The van der Waals surface area contributed by atoms with Crippen LogP contribution in [-0.4, -0.2) is 70.4 Å². The smallest absolute Gasteiger partial charge is 0.266 e. The average molecular weight is 747 g/mol. The first kappa shape index (κ1) is 39.2. The van der Waals surface area contributed by atoms with E-state index in [1.165, 1.54) is 17.8 Å². The minimum absolute atomic E-state index is 0.0322. The van der Waals surface area contributed by atoms with Gasteiger partial charge >= 0.3 is 0 Å². The molecule has 4 rings (SSSR count). The van der Waals surface area contributed by atoms with Crippen molar-refractivity contribution in [3.05, 3.63) is 78.4 Å². The molecule has 2 amide bonds. The number of carbonyl (C=O) groups excluding carboxylic acids is 2. The first-order valence-electron chi connectivity index (χ1n) is 16.6. The molecule has 0 radical (unpaired) electrons. The van der Waals surface area contributed by atoms with E-state index >= 15 is 0 Å². The molecule has 0 unspecified atom stereocenters. The maximum absolute atomic E-state index is 14.3. The Balaban J connectivity index is 1.66. The number of nitrogens with zero attached hydrogens (tertiary/aromatic N) is 1. The average Bonchev–Trinajstić information content (AvgIpc) is 3.19. The molecule has 4 N–H and O–H groups in total. The van der Waals surface area contributed by atoms with Gasteiger partial charge in [0.05, 0.1) is 21.9 Å². The number of rotatable bonds is 17. The lowest BCUT2D eigenvalue weighted by Gasteiger charge is -2.37. The highest BCUT2D eigenvalue weighted by atomic mass is 32.2. The molecule has 50 heavy (non-hydrogen) atoms. The molecule has 1 heterocycles. The quantitative estimate of drug-likeness (QED) is 0.106. The monoisotopic (exact) mass is 746 g/mol. The molecule has 0 bridgehead atoms. The zero-order valence-electron chi connectivity index (χ0n) is 28.6. The third-order valence-electron chi connectivity index (χ3n) is 8.44. The van der Waals surface area contributed by atoms with Gasteiger partial charge in [-0.3, -0.25) is 14.1 Å². The van der Waals surface area contributed by atoms with Gasteiger partial charge in [0.1, 0.15) is 16.7 Å². The van der Waals surface area contributed by atoms with E-state index in [1.807, 2.05) is 36.6 Å². The summed E-state index contributed by atoms with van der Waals surface area (Å²) in [7, 11) is -8.36. The lowest BCUT2D eigenvalue weighted by atomic mass is 9.87. The first-order chi connectivity index (χ1) is 23.8. The number of carbonyl (C=O) groups is 2. The predicted molar refractivity (Wildman–Crippen MR) is 196 cm³/mol. The highest BCUT2D eigenvalue weighted by Gasteiger charge is 2.42. The second kappa shape index (κ2) is 17.5. The lowest BCUT2D eigenvalue weighted by molar-refractivity contribution is -0.130. The van der Waals surface area contributed by atoms with E-state index in [4.69, 9.17) is 9.29 Å². The molecule has 0 spiro atoms. The predicted octanol–water partition coefficient (Wildman–Crippen LogP) is 5.20. The van der Waals surface area contributed by atoms with Crippen LogP contribution in [0.4, 0.5) is 11.4 Å². The number of anilines is 2. The Morgan fingerprint density at radius 3 is 2.22 bits per heavy atom. The van der Waals surface area contributed by atoms with Crippen LogP contribution >= 0.6 is 11.8 Å². The molecule has 0 saturated heterocycles. The molecule has 1 aliphatic heterocycles. The van der Waals surface area contributed by atoms with Crippen molar-refractivity contribution in [2.45, 2.75) is 73.7 Å². The van der Waals surface area contributed by atoms with E-state index < -0.39 is 55.9 Å². The number of benzene rings is 3. The third kappa shape index (κ3) is 10.4. The minimum Gasteiger partial charge on any atom is -0.483 e. The van der Waals surface area contributed by atoms with Gasteiger partial charge in [-0.05, 0) is 42.9 Å². The van der Waals surface area contributed by atoms with Crippen molar-refractivity contribution in [1.29, 1.82) is 0 Å². The van der Waals surface area contributed by atoms with E-state index in [2.05, 4.69) is 34.1 Å². The maximum atomic E-state index is 14.3. The van der Waals surface area contributed by atoms with Crippen LogP contribution in [0, 0.1) is 0 Å². The van der Waals surface area contributed by atoms with Gasteiger partial charge in [-0.2, -0.15) is 8.42 Å². The summed E-state index contributed by atoms with van der Waals surface area (Å²) in [6, 6.07) is 20.1. The summed E-state index contributed by atoms with van der Waals surface area (Å²) >= 11 is 1.35. The topological polar surface area (TPSA) is 171 Å². The van der Waals surface area contributed by atoms with E-state index in [0.29, 0.717) is 35.5 Å². The molecular formula is C35H46N4O8S3. The molecule has 3 aromatic carbocycles. The number of sulfonamides is 1. The van der Waals surface area contributed by atoms with Crippen LogP contribution in [0.2, 0.25) is 0 Å². The highest BCUT2D eigenvalue weighted by molar-refractivity contribution is 7.98. The Hall–Kier alpha value is -3.63. The van der Waals surface area contributed by atoms with Crippen LogP contribution in [0.5, 0.6) is 5.75 Å². The normalized spacial score (nSPS) is 15.7. The van der Waals surface area contributed by atoms with Crippen molar-refractivity contribution in [1.82, 2.24) is 15.4 Å². The second-order valence-electron chi connectivity index (χ2n) is 12.3. The largest absolute Gasteiger partial charge is 0.483 e. The van der Waals surface area contributed by atoms with Crippen molar-refractivity contribution < 1.29 is 35.7 Å². The maximum Gasteiger partial charge on any atom is 0.266 e. The van der Waals surface area contributed by atoms with Gasteiger partial charge in [-0.25, -0.2) is 13.1 Å². The second-order valence-corrected chi connectivity index (χ2v) is 16.3. The first-order valence-corrected chi connectivity index (χ1v) is 20.9. The van der Waals surface area contributed by atoms with Crippen molar-refractivity contribution >= 4 is 55.1 Å². The molecule has 0 aliphatic carbocycles. The number of fused-ring (bicyclic) bond motifs is 1. The Kier molecular flexibility index (Phi) is 13.7. The van der Waals surface area contributed by atoms with Gasteiger partial charge in [0.25, 0.3) is 16.0 Å². The molecule has 0 fully saturated rings. The number of amides is 2. The number of unbranched alkanes of at least 4 members (excludes halogenated alkanes) is 2. The van der Waals surface area contributed by atoms with Crippen LogP contribution < -0.4 is 25.0 Å². The summed E-state index contributed by atoms with van der Waals surface area (Å²) in [6.07, 6.45) is 6.72. The zero-order valence-corrected chi connectivity index (χ0v) is 31.0. The summed E-state index contributed by atoms with van der Waals surface area (Å²) in [5.41, 5.74) is 1.08. The number of thioether (sulfide) groups is 1. The van der Waals surface area contributed by atoms with Crippen LogP contribution in [-0.2, 0) is 29.7 Å². The summed E-state index contributed by atoms with van der Waals surface area (Å²) in [5, 5.41) is 5.04. The fraction of sp³-hybridized carbons (Fsp3) is 0.429.